The molecule has 1 aromatic rings. The number of nitrogens with one attached hydrogen (secondary N) is 1. The molecule has 0 spiro atoms. The smallest absolute Gasteiger partial charge is 0.119 e. The Balaban J connectivity index is 1.18. The van der Waals surface area contributed by atoms with Crippen LogP contribution in [0.25, 0.3) is 0 Å². The van der Waals surface area contributed by atoms with Crippen molar-refractivity contribution in [2.45, 2.75) is 90.2 Å². The normalized spacial score (nSPS) is 42.9. The molecule has 0 radical (unpaired) electrons. The van der Waals surface area contributed by atoms with Crippen molar-refractivity contribution in [2.75, 3.05) is 13.2 Å². The minimum Gasteiger partial charge on any atom is -0.491 e. The van der Waals surface area contributed by atoms with Gasteiger partial charge in [-0.3, -0.25) is 0 Å². The highest BCUT2D eigenvalue weighted by molar-refractivity contribution is 5.21. The maximum atomic E-state index is 10.5. The van der Waals surface area contributed by atoms with Crippen LogP contribution in [-0.2, 0) is 0 Å². The van der Waals surface area contributed by atoms with Gasteiger partial charge in [0.15, 0.2) is 0 Å². The van der Waals surface area contributed by atoms with Gasteiger partial charge in [-0.15, -0.1) is 0 Å². The number of hydrogen-bond acceptors (Lipinski definition) is 3. The fourth-order valence-electron chi connectivity index (χ4n) is 8.68. The molecule has 4 aliphatic rings. The zero-order valence-corrected chi connectivity index (χ0v) is 19.7. The number of rotatable bonds is 6. The summed E-state index contributed by atoms with van der Waals surface area (Å²) >= 11 is 0. The minimum atomic E-state index is -0.462. The van der Waals surface area contributed by atoms with Crippen LogP contribution in [0.3, 0.4) is 0 Å². The van der Waals surface area contributed by atoms with E-state index in [2.05, 4.69) is 19.2 Å². The summed E-state index contributed by atoms with van der Waals surface area (Å²) in [5, 5.41) is 14.3. The molecule has 0 aromatic heterocycles. The molecule has 0 aliphatic heterocycles. The summed E-state index contributed by atoms with van der Waals surface area (Å²) in [5.41, 5.74) is 1.03. The second kappa shape index (κ2) is 8.71. The summed E-state index contributed by atoms with van der Waals surface area (Å²) in [7, 11) is 0. The highest BCUT2D eigenvalue weighted by atomic mass is 16.5. The molecule has 8 atom stereocenters. The van der Waals surface area contributed by atoms with Crippen molar-refractivity contribution >= 4 is 0 Å². The molecule has 172 valence electrons. The van der Waals surface area contributed by atoms with Gasteiger partial charge in [0.2, 0.25) is 0 Å². The van der Waals surface area contributed by atoms with Crippen molar-refractivity contribution in [3.63, 3.8) is 0 Å². The van der Waals surface area contributed by atoms with Gasteiger partial charge in [0.05, 0.1) is 0 Å². The number of ether oxygens (including phenoxy) is 1. The molecule has 2 N–H and O–H groups in total. The molecular weight excluding hydrogens is 382 g/mol. The largest absolute Gasteiger partial charge is 0.491 e. The second-order valence-corrected chi connectivity index (χ2v) is 11.8. The quantitative estimate of drug-likeness (QED) is 0.604. The van der Waals surface area contributed by atoms with Crippen molar-refractivity contribution in [3.05, 3.63) is 30.3 Å². The van der Waals surface area contributed by atoms with Crippen LogP contribution in [0, 0.1) is 34.5 Å². The predicted octanol–water partition coefficient (Wildman–Crippen LogP) is 5.82. The molecule has 0 heterocycles. The molecule has 0 amide bonds. The molecule has 4 aliphatic carbocycles. The topological polar surface area (TPSA) is 41.5 Å². The van der Waals surface area contributed by atoms with E-state index in [-0.39, 0.29) is 0 Å². The number of para-hydroxylation sites is 1. The Morgan fingerprint density at radius 3 is 2.58 bits per heavy atom. The standard InChI is InChI=1S/C28H43NO2/c1-27-16-7-6-8-20(27)11-12-23-24-13-14-26(28(24,2)17-15-25(23)27)29-18-21(30)19-31-22-9-4-3-5-10-22/h3-5,9-10,20-21,23-26,29-30H,6-8,11-19H2,1-2H3/t20-,21-,23-,24-,25-,26+,27+,28+/m1/s1. The molecule has 0 unspecified atom stereocenters. The van der Waals surface area contributed by atoms with E-state index in [1.54, 1.807) is 0 Å². The number of fused-ring (bicyclic) bond motifs is 5. The van der Waals surface area contributed by atoms with E-state index in [0.717, 1.165) is 29.4 Å². The fourth-order valence-corrected chi connectivity index (χ4v) is 8.68. The van der Waals surface area contributed by atoms with E-state index in [9.17, 15) is 5.11 Å². The SMILES string of the molecule is C[C@]12CCCC[C@@H]1CC[C@H]1[C@H]2CC[C@]2(C)[C@@H](NC[C@@H](O)COc3ccccc3)CC[C@H]12. The Bertz CT molecular complexity index is 738. The van der Waals surface area contributed by atoms with Crippen LogP contribution in [0.4, 0.5) is 0 Å². The van der Waals surface area contributed by atoms with Crippen molar-refractivity contribution in [3.8, 4) is 5.75 Å². The highest BCUT2D eigenvalue weighted by Crippen LogP contribution is 2.66. The summed E-state index contributed by atoms with van der Waals surface area (Å²) in [5.74, 6) is 4.62. The number of aliphatic hydroxyl groups is 1. The Morgan fingerprint density at radius 2 is 1.74 bits per heavy atom. The monoisotopic (exact) mass is 425 g/mol. The van der Waals surface area contributed by atoms with Crippen LogP contribution in [0.1, 0.15) is 78.1 Å². The molecule has 3 nitrogen and oxygen atoms in total. The molecule has 1 aromatic carbocycles. The van der Waals surface area contributed by atoms with Gasteiger partial charge >= 0.3 is 0 Å². The predicted molar refractivity (Wildman–Crippen MR) is 126 cm³/mol. The van der Waals surface area contributed by atoms with Gasteiger partial charge in [-0.2, -0.15) is 0 Å². The average molecular weight is 426 g/mol. The molecule has 0 bridgehead atoms. The zero-order valence-electron chi connectivity index (χ0n) is 19.7. The molecule has 4 fully saturated rings. The first-order valence-corrected chi connectivity index (χ1v) is 13.1. The third-order valence-corrected chi connectivity index (χ3v) is 10.4. The lowest BCUT2D eigenvalue weighted by Gasteiger charge is -2.60. The van der Waals surface area contributed by atoms with Crippen LogP contribution in [0.2, 0.25) is 0 Å². The first-order valence-electron chi connectivity index (χ1n) is 13.1. The molecule has 4 saturated carbocycles. The summed E-state index contributed by atoms with van der Waals surface area (Å²) in [4.78, 5) is 0. The third kappa shape index (κ3) is 3.95. The van der Waals surface area contributed by atoms with Crippen LogP contribution in [0.5, 0.6) is 5.75 Å². The molecule has 31 heavy (non-hydrogen) atoms. The number of aliphatic hydroxyl groups excluding tert-OH is 1. The van der Waals surface area contributed by atoms with Gasteiger partial charge in [0.1, 0.15) is 18.5 Å². The van der Waals surface area contributed by atoms with E-state index < -0.39 is 6.10 Å². The Hall–Kier alpha value is -1.06. The second-order valence-electron chi connectivity index (χ2n) is 11.8. The van der Waals surface area contributed by atoms with Crippen LogP contribution in [-0.4, -0.2) is 30.4 Å². The number of benzene rings is 1. The summed E-state index contributed by atoms with van der Waals surface area (Å²) in [6.45, 7) is 6.23. The van der Waals surface area contributed by atoms with Crippen molar-refractivity contribution < 1.29 is 9.84 Å². The average Bonchev–Trinajstić information content (AvgIpc) is 3.13. The van der Waals surface area contributed by atoms with Gasteiger partial charge in [0, 0.05) is 12.6 Å². The fraction of sp³-hybridized carbons (Fsp3) is 0.786. The van der Waals surface area contributed by atoms with E-state index in [0.29, 0.717) is 30.0 Å². The lowest BCUT2D eigenvalue weighted by molar-refractivity contribution is -0.107. The lowest BCUT2D eigenvalue weighted by atomic mass is 9.45. The Morgan fingerprint density at radius 1 is 0.935 bits per heavy atom. The zero-order chi connectivity index (χ0) is 21.5. The number of hydrogen-bond donors (Lipinski definition) is 2. The van der Waals surface area contributed by atoms with Crippen molar-refractivity contribution in [2.24, 2.45) is 34.5 Å². The van der Waals surface area contributed by atoms with Crippen LogP contribution >= 0.6 is 0 Å². The van der Waals surface area contributed by atoms with Gasteiger partial charge in [-0.25, -0.2) is 0 Å². The Kier molecular flexibility index (Phi) is 6.11. The summed E-state index contributed by atoms with van der Waals surface area (Å²) in [6.07, 6.45) is 13.9. The lowest BCUT2D eigenvalue weighted by Crippen LogP contribution is -2.55. The first kappa shape index (κ1) is 21.8. The van der Waals surface area contributed by atoms with Crippen molar-refractivity contribution in [1.82, 2.24) is 5.32 Å². The molecular formula is C28H43NO2. The maximum absolute atomic E-state index is 10.5. The van der Waals surface area contributed by atoms with Crippen LogP contribution in [0.15, 0.2) is 30.3 Å². The minimum absolute atomic E-state index is 0.355. The van der Waals surface area contributed by atoms with Crippen molar-refractivity contribution in [1.29, 1.82) is 0 Å². The van der Waals surface area contributed by atoms with Crippen LogP contribution < -0.4 is 10.1 Å². The summed E-state index contributed by atoms with van der Waals surface area (Å²) < 4.78 is 5.76. The summed E-state index contributed by atoms with van der Waals surface area (Å²) in [6, 6.07) is 10.4. The Labute approximate surface area is 189 Å². The maximum Gasteiger partial charge on any atom is 0.119 e. The van der Waals surface area contributed by atoms with Gasteiger partial charge in [-0.05, 0) is 98.0 Å². The van der Waals surface area contributed by atoms with Gasteiger partial charge in [-0.1, -0.05) is 44.9 Å². The van der Waals surface area contributed by atoms with E-state index in [4.69, 9.17) is 4.74 Å². The molecule has 3 heteroatoms. The van der Waals surface area contributed by atoms with Gasteiger partial charge in [0.25, 0.3) is 0 Å². The van der Waals surface area contributed by atoms with E-state index in [1.807, 2.05) is 30.3 Å². The molecule has 0 saturated heterocycles. The highest BCUT2D eigenvalue weighted by Gasteiger charge is 2.59. The van der Waals surface area contributed by atoms with E-state index >= 15 is 0 Å². The van der Waals surface area contributed by atoms with E-state index in [1.165, 1.54) is 64.2 Å². The first-order chi connectivity index (χ1) is 15.0. The van der Waals surface area contributed by atoms with Gasteiger partial charge < -0.3 is 15.2 Å². The molecule has 5 rings (SSSR count). The third-order valence-electron chi connectivity index (χ3n) is 10.4.